The van der Waals surface area contributed by atoms with Crippen LogP contribution in [0.3, 0.4) is 0 Å². The second-order valence-electron chi connectivity index (χ2n) is 15.0. The third-order valence-corrected chi connectivity index (χ3v) is 11.9. The lowest BCUT2D eigenvalue weighted by Crippen LogP contribution is -2.34. The van der Waals surface area contributed by atoms with E-state index in [1.54, 1.807) is 0 Å². The van der Waals surface area contributed by atoms with Crippen LogP contribution < -0.4 is 10.1 Å². The molecule has 1 spiro atoms. The Morgan fingerprint density at radius 3 is 1.88 bits per heavy atom. The second kappa shape index (κ2) is 13.1. The molecule has 0 radical (unpaired) electrons. The van der Waals surface area contributed by atoms with Crippen LogP contribution in [0.5, 0.6) is 11.5 Å². The van der Waals surface area contributed by atoms with Gasteiger partial charge in [0.25, 0.3) is 0 Å². The number of nitrogens with zero attached hydrogens (tertiary/aromatic N) is 1. The zero-order valence-electron chi connectivity index (χ0n) is 30.8. The normalized spacial score (nSPS) is 18.8. The van der Waals surface area contributed by atoms with Gasteiger partial charge in [0.15, 0.2) is 0 Å². The summed E-state index contributed by atoms with van der Waals surface area (Å²) in [5, 5.41) is 3.81. The summed E-state index contributed by atoms with van der Waals surface area (Å²) < 4.78 is 6.77. The van der Waals surface area contributed by atoms with Crippen LogP contribution >= 0.6 is 0 Å². The van der Waals surface area contributed by atoms with Crippen molar-refractivity contribution in [3.63, 3.8) is 0 Å². The number of benzene rings is 7. The van der Waals surface area contributed by atoms with Crippen LogP contribution in [0.15, 0.2) is 205 Å². The average Bonchev–Trinajstić information content (AvgIpc) is 3.57. The van der Waals surface area contributed by atoms with Crippen molar-refractivity contribution in [2.75, 3.05) is 0 Å². The van der Waals surface area contributed by atoms with Gasteiger partial charge in [-0.25, -0.2) is 0 Å². The molecule has 266 valence electrons. The number of allylic oxidation sites excluding steroid dienone is 5. The van der Waals surface area contributed by atoms with E-state index in [-0.39, 0.29) is 6.17 Å². The van der Waals surface area contributed by atoms with Crippen LogP contribution in [0.1, 0.15) is 58.0 Å². The summed E-state index contributed by atoms with van der Waals surface area (Å²) in [7, 11) is 0. The maximum Gasteiger partial charge on any atom is 0.145 e. The first-order chi connectivity index (χ1) is 27.7. The van der Waals surface area contributed by atoms with Gasteiger partial charge in [-0.3, -0.25) is 4.99 Å². The van der Waals surface area contributed by atoms with E-state index in [0.717, 1.165) is 52.4 Å². The molecule has 3 heteroatoms. The van der Waals surface area contributed by atoms with Crippen molar-refractivity contribution in [1.29, 1.82) is 0 Å². The molecule has 0 saturated heterocycles. The number of aliphatic imine (C=N–C) groups is 1. The topological polar surface area (TPSA) is 33.6 Å². The Balaban J connectivity index is 1.07. The Bertz CT molecular complexity index is 2770. The van der Waals surface area contributed by atoms with Crippen LogP contribution in [0.25, 0.3) is 33.5 Å². The fraction of sp³-hybridized carbons (Fsp3) is 0.0755. The van der Waals surface area contributed by atoms with Gasteiger partial charge >= 0.3 is 0 Å². The monoisotopic (exact) mass is 718 g/mol. The molecule has 2 atom stereocenters. The second-order valence-corrected chi connectivity index (χ2v) is 15.0. The molecule has 7 aromatic rings. The van der Waals surface area contributed by atoms with E-state index in [0.29, 0.717) is 0 Å². The standard InChI is InChI=1S/C53H38N2O/c1-3-13-35(14-4-1)37-23-27-39(28-24-37)48-34-49(55-52(54-48)40-29-25-38(26-30-40)36-15-5-2-6-16-36)41-31-32-51-47(33-41)53(46-21-11-12-22-50(46)56-51)44-19-9-7-17-42(44)43-18-8-10-20-45(43)53/h1-9,11-19,21-34,52,54H,10,20H2. The third-order valence-electron chi connectivity index (χ3n) is 11.9. The van der Waals surface area contributed by atoms with Crippen LogP contribution in [0, 0.1) is 0 Å². The highest BCUT2D eigenvalue weighted by Crippen LogP contribution is 2.62. The maximum absolute atomic E-state index is 6.77. The van der Waals surface area contributed by atoms with Crippen molar-refractivity contribution in [1.82, 2.24) is 5.32 Å². The number of para-hydroxylation sites is 1. The molecule has 56 heavy (non-hydrogen) atoms. The molecular formula is C53H38N2O. The lowest BCUT2D eigenvalue weighted by molar-refractivity contribution is 0.432. The number of hydrogen-bond donors (Lipinski definition) is 1. The van der Waals surface area contributed by atoms with Gasteiger partial charge in [-0.15, -0.1) is 0 Å². The first-order valence-electron chi connectivity index (χ1n) is 19.5. The lowest BCUT2D eigenvalue weighted by Gasteiger charge is -2.41. The summed E-state index contributed by atoms with van der Waals surface area (Å²) in [5.41, 5.74) is 17.4. The number of rotatable bonds is 5. The Morgan fingerprint density at radius 1 is 0.536 bits per heavy atom. The molecule has 1 N–H and O–H groups in total. The van der Waals surface area contributed by atoms with Gasteiger partial charge in [0.05, 0.1) is 11.1 Å². The van der Waals surface area contributed by atoms with Crippen molar-refractivity contribution in [3.05, 3.63) is 239 Å². The summed E-state index contributed by atoms with van der Waals surface area (Å²) in [6.45, 7) is 0. The van der Waals surface area contributed by atoms with E-state index in [1.165, 1.54) is 55.7 Å². The fourth-order valence-corrected chi connectivity index (χ4v) is 9.31. The Morgan fingerprint density at radius 2 is 1.12 bits per heavy atom. The highest BCUT2D eigenvalue weighted by molar-refractivity contribution is 6.13. The molecule has 3 nitrogen and oxygen atoms in total. The van der Waals surface area contributed by atoms with Gasteiger partial charge in [-0.1, -0.05) is 164 Å². The predicted octanol–water partition coefficient (Wildman–Crippen LogP) is 12.7. The number of hydrogen-bond acceptors (Lipinski definition) is 3. The molecule has 0 saturated carbocycles. The summed E-state index contributed by atoms with van der Waals surface area (Å²) in [5.74, 6) is 1.82. The smallest absolute Gasteiger partial charge is 0.145 e. The molecule has 2 aliphatic carbocycles. The van der Waals surface area contributed by atoms with Gasteiger partial charge in [0.1, 0.15) is 17.7 Å². The molecule has 2 heterocycles. The molecule has 0 bridgehead atoms. The number of ether oxygens (including phenoxy) is 1. The Hall–Kier alpha value is -6.97. The molecule has 0 aromatic heterocycles. The Labute approximate surface area is 327 Å². The van der Waals surface area contributed by atoms with Crippen molar-refractivity contribution in [2.24, 2.45) is 4.99 Å². The van der Waals surface area contributed by atoms with Crippen molar-refractivity contribution in [3.8, 4) is 33.8 Å². The van der Waals surface area contributed by atoms with E-state index >= 15 is 0 Å². The number of nitrogens with one attached hydrogen (secondary N) is 1. The van der Waals surface area contributed by atoms with Crippen molar-refractivity contribution >= 4 is 17.0 Å². The average molecular weight is 719 g/mol. The van der Waals surface area contributed by atoms with Gasteiger partial charge in [0.2, 0.25) is 0 Å². The maximum atomic E-state index is 6.77. The fourth-order valence-electron chi connectivity index (χ4n) is 9.31. The van der Waals surface area contributed by atoms with Crippen molar-refractivity contribution in [2.45, 2.75) is 24.4 Å². The first-order valence-corrected chi connectivity index (χ1v) is 19.5. The minimum absolute atomic E-state index is 0.282. The van der Waals surface area contributed by atoms with E-state index in [4.69, 9.17) is 9.73 Å². The van der Waals surface area contributed by atoms with Gasteiger partial charge in [0, 0.05) is 22.4 Å². The van der Waals surface area contributed by atoms with E-state index in [1.807, 2.05) is 0 Å². The summed E-state index contributed by atoms with van der Waals surface area (Å²) in [6, 6.07) is 63.0. The van der Waals surface area contributed by atoms with Crippen molar-refractivity contribution < 1.29 is 4.74 Å². The number of fused-ring (bicyclic) bond motifs is 8. The van der Waals surface area contributed by atoms with E-state index in [9.17, 15) is 0 Å². The minimum Gasteiger partial charge on any atom is -0.457 e. The van der Waals surface area contributed by atoms with Crippen LogP contribution in [-0.4, -0.2) is 5.71 Å². The van der Waals surface area contributed by atoms with Gasteiger partial charge in [-0.05, 0) is 98.8 Å². The molecular weight excluding hydrogens is 681 g/mol. The minimum atomic E-state index is -0.461. The molecule has 4 aliphatic rings. The van der Waals surface area contributed by atoms with E-state index < -0.39 is 5.41 Å². The van der Waals surface area contributed by atoms with Crippen LogP contribution in [-0.2, 0) is 5.41 Å². The molecule has 7 aromatic carbocycles. The van der Waals surface area contributed by atoms with Crippen LogP contribution in [0.4, 0.5) is 0 Å². The predicted molar refractivity (Wildman–Crippen MR) is 229 cm³/mol. The molecule has 2 aliphatic heterocycles. The quantitative estimate of drug-likeness (QED) is 0.192. The lowest BCUT2D eigenvalue weighted by atomic mass is 9.64. The SMILES string of the molecule is C1=CC2=C(CC1)C1(c3ccccc3Oc3ccc(C4=NC(c5ccc(-c6ccccc6)cc5)NC(c5ccc(-c6ccccc6)cc5)=C4)cc31)c1ccccc12. The highest BCUT2D eigenvalue weighted by Gasteiger charge is 2.52. The first kappa shape index (κ1) is 32.5. The molecule has 2 unspecified atom stereocenters. The zero-order valence-corrected chi connectivity index (χ0v) is 30.8. The zero-order chi connectivity index (χ0) is 37.1. The third kappa shape index (κ3) is 5.16. The Kier molecular flexibility index (Phi) is 7.60. The largest absolute Gasteiger partial charge is 0.457 e. The van der Waals surface area contributed by atoms with Gasteiger partial charge in [-0.2, -0.15) is 0 Å². The molecule has 0 fully saturated rings. The van der Waals surface area contributed by atoms with Crippen LogP contribution in [0.2, 0.25) is 0 Å². The molecule has 11 rings (SSSR count). The van der Waals surface area contributed by atoms with Gasteiger partial charge < -0.3 is 10.1 Å². The van der Waals surface area contributed by atoms with E-state index in [2.05, 4.69) is 199 Å². The highest BCUT2D eigenvalue weighted by atomic mass is 16.5. The summed E-state index contributed by atoms with van der Waals surface area (Å²) in [6.07, 6.45) is 8.62. The summed E-state index contributed by atoms with van der Waals surface area (Å²) >= 11 is 0. The summed E-state index contributed by atoms with van der Waals surface area (Å²) in [4.78, 5) is 5.46. The molecule has 0 amide bonds.